The summed E-state index contributed by atoms with van der Waals surface area (Å²) in [6.45, 7) is 2.50. The SMILES string of the molecule is CCOC(=O)C(Cc1cccc(CNC(=O)c2cccc(N=CNN)c2)c1)c1ccccc1. The number of hydrogen-bond acceptors (Lipinski definition) is 5. The minimum atomic E-state index is -0.387. The molecule has 1 unspecified atom stereocenters. The van der Waals surface area contributed by atoms with Crippen LogP contribution in [0.1, 0.15) is 39.9 Å². The number of aliphatic imine (C=N–C) groups is 1. The van der Waals surface area contributed by atoms with E-state index in [1.807, 2.05) is 54.6 Å². The Labute approximate surface area is 193 Å². The maximum atomic E-state index is 12.6. The van der Waals surface area contributed by atoms with Gasteiger partial charge in [0.05, 0.1) is 18.2 Å². The van der Waals surface area contributed by atoms with E-state index in [1.54, 1.807) is 31.2 Å². The molecule has 0 aliphatic heterocycles. The summed E-state index contributed by atoms with van der Waals surface area (Å²) in [5.41, 5.74) is 6.31. The van der Waals surface area contributed by atoms with Gasteiger partial charge in [-0.3, -0.25) is 9.59 Å². The maximum Gasteiger partial charge on any atom is 0.313 e. The van der Waals surface area contributed by atoms with Gasteiger partial charge in [-0.15, -0.1) is 0 Å². The second-order valence-electron chi connectivity index (χ2n) is 7.40. The number of hydrogen-bond donors (Lipinski definition) is 3. The lowest BCUT2D eigenvalue weighted by atomic mass is 9.91. The Morgan fingerprint density at radius 2 is 1.76 bits per heavy atom. The summed E-state index contributed by atoms with van der Waals surface area (Å²) in [7, 11) is 0. The monoisotopic (exact) mass is 444 g/mol. The second-order valence-corrected chi connectivity index (χ2v) is 7.40. The number of carbonyl (C=O) groups is 2. The molecule has 0 fully saturated rings. The van der Waals surface area contributed by atoms with Crippen LogP contribution in [0.5, 0.6) is 0 Å². The third-order valence-electron chi connectivity index (χ3n) is 5.05. The van der Waals surface area contributed by atoms with Gasteiger partial charge in [0.1, 0.15) is 6.34 Å². The molecule has 0 spiro atoms. The number of hydrazine groups is 1. The van der Waals surface area contributed by atoms with Crippen LogP contribution in [0.25, 0.3) is 0 Å². The van der Waals surface area contributed by atoms with Crippen molar-refractivity contribution in [1.82, 2.24) is 10.7 Å². The Kier molecular flexibility index (Phi) is 8.73. The molecule has 0 saturated heterocycles. The topological polar surface area (TPSA) is 106 Å². The molecule has 4 N–H and O–H groups in total. The van der Waals surface area contributed by atoms with Crippen molar-refractivity contribution in [2.45, 2.75) is 25.8 Å². The maximum absolute atomic E-state index is 12.6. The molecular weight excluding hydrogens is 416 g/mol. The van der Waals surface area contributed by atoms with Crippen LogP contribution >= 0.6 is 0 Å². The Balaban J connectivity index is 1.68. The minimum Gasteiger partial charge on any atom is -0.466 e. The highest BCUT2D eigenvalue weighted by molar-refractivity contribution is 5.95. The predicted octanol–water partition coefficient (Wildman–Crippen LogP) is 3.63. The molecule has 3 aromatic carbocycles. The number of nitrogens with two attached hydrogens (primary N) is 1. The normalized spacial score (nSPS) is 11.7. The van der Waals surface area contributed by atoms with Gasteiger partial charge in [-0.2, -0.15) is 0 Å². The van der Waals surface area contributed by atoms with Gasteiger partial charge in [0.25, 0.3) is 5.91 Å². The lowest BCUT2D eigenvalue weighted by Crippen LogP contribution is -2.23. The van der Waals surface area contributed by atoms with E-state index in [0.717, 1.165) is 16.7 Å². The van der Waals surface area contributed by atoms with Crippen LogP contribution < -0.4 is 16.6 Å². The van der Waals surface area contributed by atoms with Crippen molar-refractivity contribution in [2.75, 3.05) is 6.61 Å². The molecule has 1 amide bonds. The van der Waals surface area contributed by atoms with E-state index in [9.17, 15) is 9.59 Å². The first-order valence-electron chi connectivity index (χ1n) is 10.8. The first-order valence-corrected chi connectivity index (χ1v) is 10.8. The molecule has 7 nitrogen and oxygen atoms in total. The van der Waals surface area contributed by atoms with Crippen molar-refractivity contribution in [3.05, 3.63) is 101 Å². The van der Waals surface area contributed by atoms with Gasteiger partial charge < -0.3 is 15.5 Å². The van der Waals surface area contributed by atoms with E-state index in [-0.39, 0.29) is 17.8 Å². The fraction of sp³-hybridized carbons (Fsp3) is 0.192. The molecular formula is C26H28N4O3. The number of nitrogens with zero attached hydrogens (tertiary/aromatic N) is 1. The summed E-state index contributed by atoms with van der Waals surface area (Å²) in [5, 5.41) is 2.93. The van der Waals surface area contributed by atoms with Crippen molar-refractivity contribution in [3.8, 4) is 0 Å². The van der Waals surface area contributed by atoms with Crippen LogP contribution in [0.15, 0.2) is 83.9 Å². The molecule has 33 heavy (non-hydrogen) atoms. The van der Waals surface area contributed by atoms with E-state index in [1.165, 1.54) is 6.34 Å². The first kappa shape index (κ1) is 23.7. The second kappa shape index (κ2) is 12.2. The van der Waals surface area contributed by atoms with Gasteiger partial charge in [-0.05, 0) is 48.2 Å². The Bertz CT molecular complexity index is 1100. The smallest absolute Gasteiger partial charge is 0.313 e. The number of benzene rings is 3. The third-order valence-corrected chi connectivity index (χ3v) is 5.05. The highest BCUT2D eigenvalue weighted by Gasteiger charge is 2.22. The van der Waals surface area contributed by atoms with Crippen molar-refractivity contribution in [3.63, 3.8) is 0 Å². The Morgan fingerprint density at radius 1 is 1.00 bits per heavy atom. The molecule has 0 aromatic heterocycles. The summed E-state index contributed by atoms with van der Waals surface area (Å²) < 4.78 is 5.31. The van der Waals surface area contributed by atoms with Crippen LogP contribution in [0, 0.1) is 0 Å². The van der Waals surface area contributed by atoms with Gasteiger partial charge in [0, 0.05) is 12.1 Å². The van der Waals surface area contributed by atoms with E-state index in [4.69, 9.17) is 10.6 Å². The van der Waals surface area contributed by atoms with Gasteiger partial charge in [-0.1, -0.05) is 60.7 Å². The number of esters is 1. The quantitative estimate of drug-likeness (QED) is 0.146. The largest absolute Gasteiger partial charge is 0.466 e. The zero-order valence-electron chi connectivity index (χ0n) is 18.5. The minimum absolute atomic E-state index is 0.202. The van der Waals surface area contributed by atoms with Crippen molar-refractivity contribution < 1.29 is 14.3 Å². The summed E-state index contributed by atoms with van der Waals surface area (Å²) in [6, 6.07) is 24.4. The van der Waals surface area contributed by atoms with E-state index < -0.39 is 0 Å². The lowest BCUT2D eigenvalue weighted by molar-refractivity contribution is -0.144. The molecule has 0 radical (unpaired) electrons. The van der Waals surface area contributed by atoms with Gasteiger partial charge >= 0.3 is 5.97 Å². The van der Waals surface area contributed by atoms with Crippen molar-refractivity contribution >= 4 is 23.9 Å². The van der Waals surface area contributed by atoms with Crippen LogP contribution in [-0.2, 0) is 22.5 Å². The highest BCUT2D eigenvalue weighted by atomic mass is 16.5. The average molecular weight is 445 g/mol. The lowest BCUT2D eigenvalue weighted by Gasteiger charge is -2.17. The first-order chi connectivity index (χ1) is 16.1. The number of nitrogens with one attached hydrogen (secondary N) is 2. The van der Waals surface area contributed by atoms with Gasteiger partial charge in [0.15, 0.2) is 0 Å². The third kappa shape index (κ3) is 7.02. The number of rotatable bonds is 10. The predicted molar refractivity (Wildman–Crippen MR) is 129 cm³/mol. The molecule has 3 aromatic rings. The summed E-state index contributed by atoms with van der Waals surface area (Å²) in [6.07, 6.45) is 1.86. The molecule has 1 atom stereocenters. The summed E-state index contributed by atoms with van der Waals surface area (Å²) in [5.74, 6) is 4.36. The van der Waals surface area contributed by atoms with E-state index >= 15 is 0 Å². The molecule has 170 valence electrons. The van der Waals surface area contributed by atoms with Crippen LogP contribution in [0.2, 0.25) is 0 Å². The van der Waals surface area contributed by atoms with Crippen LogP contribution in [0.3, 0.4) is 0 Å². The molecule has 3 rings (SSSR count). The van der Waals surface area contributed by atoms with Crippen LogP contribution in [-0.4, -0.2) is 24.8 Å². The van der Waals surface area contributed by atoms with Crippen LogP contribution in [0.4, 0.5) is 5.69 Å². The zero-order chi connectivity index (χ0) is 23.5. The molecule has 0 heterocycles. The van der Waals surface area contributed by atoms with E-state index in [2.05, 4.69) is 15.7 Å². The van der Waals surface area contributed by atoms with Crippen molar-refractivity contribution in [1.29, 1.82) is 0 Å². The van der Waals surface area contributed by atoms with Gasteiger partial charge in [0.2, 0.25) is 0 Å². The number of ether oxygens (including phenoxy) is 1. The molecule has 7 heteroatoms. The summed E-state index contributed by atoms with van der Waals surface area (Å²) >= 11 is 0. The fourth-order valence-electron chi connectivity index (χ4n) is 3.49. The molecule has 0 bridgehead atoms. The standard InChI is InChI=1S/C26H28N4O3/c1-2-33-26(32)24(21-10-4-3-5-11-21)15-19-8-6-9-20(14-19)17-28-25(31)22-12-7-13-23(16-22)29-18-30-27/h3-14,16,18,24H,2,15,17,27H2,1H3,(H,28,31)(H,29,30). The number of amides is 1. The number of carbonyl (C=O) groups excluding carboxylic acids is 2. The fourth-order valence-corrected chi connectivity index (χ4v) is 3.49. The zero-order valence-corrected chi connectivity index (χ0v) is 18.5. The molecule has 0 aliphatic carbocycles. The van der Waals surface area contributed by atoms with Gasteiger partial charge in [-0.25, -0.2) is 10.8 Å². The highest BCUT2D eigenvalue weighted by Crippen LogP contribution is 2.23. The van der Waals surface area contributed by atoms with Crippen molar-refractivity contribution in [2.24, 2.45) is 10.8 Å². The summed E-state index contributed by atoms with van der Waals surface area (Å²) in [4.78, 5) is 29.3. The molecule has 0 saturated carbocycles. The average Bonchev–Trinajstić information content (AvgIpc) is 2.85. The Morgan fingerprint density at radius 3 is 2.52 bits per heavy atom. The van der Waals surface area contributed by atoms with E-state index in [0.29, 0.717) is 30.8 Å². The Hall–Kier alpha value is -3.97. The molecule has 0 aliphatic rings.